The second kappa shape index (κ2) is 5.66. The molecule has 0 saturated carbocycles. The van der Waals surface area contributed by atoms with E-state index in [4.69, 9.17) is 5.73 Å². The van der Waals surface area contributed by atoms with Crippen molar-refractivity contribution in [1.29, 1.82) is 0 Å². The number of aryl methyl sites for hydroxylation is 1. The third-order valence-corrected chi connectivity index (χ3v) is 3.94. The maximum Gasteiger partial charge on any atom is 0.236 e. The molecule has 1 aliphatic heterocycles. The zero-order valence-corrected chi connectivity index (χ0v) is 10.9. The molecule has 1 saturated heterocycles. The second-order valence-corrected chi connectivity index (χ2v) is 5.22. The minimum atomic E-state index is 0. The summed E-state index contributed by atoms with van der Waals surface area (Å²) in [6, 6.07) is 4.52. The molecule has 0 radical (unpaired) electrons. The highest BCUT2D eigenvalue weighted by molar-refractivity contribution is 7.12. The molecular weight excluding hydrogens is 244 g/mol. The number of nitrogens with two attached hydrogens (primary N) is 1. The van der Waals surface area contributed by atoms with Gasteiger partial charge < -0.3 is 10.6 Å². The molecule has 16 heavy (non-hydrogen) atoms. The van der Waals surface area contributed by atoms with Crippen LogP contribution in [0.15, 0.2) is 12.1 Å². The van der Waals surface area contributed by atoms with Crippen LogP contribution in [0.5, 0.6) is 0 Å². The number of likely N-dealkylation sites (tertiary alicyclic amines) is 1. The van der Waals surface area contributed by atoms with Crippen molar-refractivity contribution in [3.05, 3.63) is 21.9 Å². The summed E-state index contributed by atoms with van der Waals surface area (Å²) in [5, 5.41) is 0. The van der Waals surface area contributed by atoms with Crippen LogP contribution in [0, 0.1) is 6.92 Å². The Balaban J connectivity index is 0.00000128. The van der Waals surface area contributed by atoms with Gasteiger partial charge in [-0.2, -0.15) is 0 Å². The van der Waals surface area contributed by atoms with Crippen molar-refractivity contribution in [2.75, 3.05) is 13.1 Å². The molecule has 90 valence electrons. The van der Waals surface area contributed by atoms with Crippen LogP contribution in [0.2, 0.25) is 0 Å². The van der Waals surface area contributed by atoms with Crippen LogP contribution in [-0.4, -0.2) is 23.9 Å². The predicted molar refractivity (Wildman–Crippen MR) is 69.0 cm³/mol. The van der Waals surface area contributed by atoms with Gasteiger partial charge in [-0.25, -0.2) is 0 Å². The van der Waals surface area contributed by atoms with E-state index >= 15 is 0 Å². The minimum Gasteiger partial charge on any atom is -0.334 e. The summed E-state index contributed by atoms with van der Waals surface area (Å²) in [5.74, 6) is 0.0727. The Bertz CT molecular complexity index is 367. The molecule has 5 heteroatoms. The van der Waals surface area contributed by atoms with Gasteiger partial charge in [0.05, 0.1) is 12.6 Å². The average molecular weight is 261 g/mol. The van der Waals surface area contributed by atoms with Crippen molar-refractivity contribution in [2.24, 2.45) is 5.73 Å². The fraction of sp³-hybridized carbons (Fsp3) is 0.545. The number of hydrogen-bond donors (Lipinski definition) is 1. The van der Waals surface area contributed by atoms with Crippen molar-refractivity contribution in [1.82, 2.24) is 4.90 Å². The Morgan fingerprint density at radius 2 is 2.38 bits per heavy atom. The molecule has 1 amide bonds. The van der Waals surface area contributed by atoms with E-state index < -0.39 is 0 Å². The van der Waals surface area contributed by atoms with Crippen molar-refractivity contribution < 1.29 is 4.79 Å². The summed E-state index contributed by atoms with van der Waals surface area (Å²) in [5.41, 5.74) is 5.41. The first-order valence-corrected chi connectivity index (χ1v) is 6.10. The summed E-state index contributed by atoms with van der Waals surface area (Å²) in [6.45, 7) is 3.08. The largest absolute Gasteiger partial charge is 0.334 e. The Morgan fingerprint density at radius 3 is 2.94 bits per heavy atom. The van der Waals surface area contributed by atoms with E-state index in [2.05, 4.69) is 19.1 Å². The van der Waals surface area contributed by atoms with Gasteiger partial charge in [-0.1, -0.05) is 0 Å². The van der Waals surface area contributed by atoms with Gasteiger partial charge in [0.2, 0.25) is 5.91 Å². The summed E-state index contributed by atoms with van der Waals surface area (Å²) >= 11 is 1.78. The van der Waals surface area contributed by atoms with Crippen LogP contribution in [-0.2, 0) is 4.79 Å². The lowest BCUT2D eigenvalue weighted by atomic mass is 10.2. The van der Waals surface area contributed by atoms with Crippen molar-refractivity contribution >= 4 is 29.7 Å². The fourth-order valence-corrected chi connectivity index (χ4v) is 3.14. The van der Waals surface area contributed by atoms with Gasteiger partial charge in [0.25, 0.3) is 0 Å². The molecule has 2 N–H and O–H groups in total. The number of carbonyl (C=O) groups is 1. The molecule has 1 aromatic rings. The first-order chi connectivity index (χ1) is 7.22. The lowest BCUT2D eigenvalue weighted by Gasteiger charge is -2.23. The number of halogens is 1. The van der Waals surface area contributed by atoms with Crippen LogP contribution in [0.3, 0.4) is 0 Å². The summed E-state index contributed by atoms with van der Waals surface area (Å²) in [6.07, 6.45) is 2.17. The molecule has 3 nitrogen and oxygen atoms in total. The first-order valence-electron chi connectivity index (χ1n) is 5.28. The zero-order valence-electron chi connectivity index (χ0n) is 9.31. The summed E-state index contributed by atoms with van der Waals surface area (Å²) in [7, 11) is 0. The number of rotatable bonds is 2. The normalized spacial score (nSPS) is 19.6. The molecule has 2 heterocycles. The predicted octanol–water partition coefficient (Wildman–Crippen LogP) is 2.10. The topological polar surface area (TPSA) is 46.3 Å². The first kappa shape index (κ1) is 13.5. The Labute approximate surface area is 106 Å². The van der Waals surface area contributed by atoms with Gasteiger partial charge in [0.15, 0.2) is 0 Å². The monoisotopic (exact) mass is 260 g/mol. The van der Waals surface area contributed by atoms with Gasteiger partial charge in [0.1, 0.15) is 0 Å². The van der Waals surface area contributed by atoms with E-state index in [1.54, 1.807) is 11.3 Å². The van der Waals surface area contributed by atoms with Crippen LogP contribution < -0.4 is 5.73 Å². The number of amides is 1. The van der Waals surface area contributed by atoms with Crippen LogP contribution in [0.25, 0.3) is 0 Å². The number of thiophene rings is 1. The zero-order chi connectivity index (χ0) is 10.8. The van der Waals surface area contributed by atoms with Crippen molar-refractivity contribution in [3.8, 4) is 0 Å². The van der Waals surface area contributed by atoms with E-state index in [-0.39, 0.29) is 30.9 Å². The SMILES string of the molecule is Cc1ccc(C2CCCN2C(=O)CN)s1.Cl. The quantitative estimate of drug-likeness (QED) is 0.885. The van der Waals surface area contributed by atoms with E-state index in [0.717, 1.165) is 19.4 Å². The average Bonchev–Trinajstić information content (AvgIpc) is 2.84. The van der Waals surface area contributed by atoms with Gasteiger partial charge in [0, 0.05) is 16.3 Å². The van der Waals surface area contributed by atoms with Crippen molar-refractivity contribution in [2.45, 2.75) is 25.8 Å². The highest BCUT2D eigenvalue weighted by Gasteiger charge is 2.29. The Hall–Kier alpha value is -0.580. The van der Waals surface area contributed by atoms with E-state index in [1.165, 1.54) is 9.75 Å². The fourth-order valence-electron chi connectivity index (χ4n) is 2.11. The number of nitrogens with zero attached hydrogens (tertiary/aromatic N) is 1. The highest BCUT2D eigenvalue weighted by atomic mass is 35.5. The van der Waals surface area contributed by atoms with Gasteiger partial charge in [-0.05, 0) is 31.9 Å². The summed E-state index contributed by atoms with van der Waals surface area (Å²) < 4.78 is 0. The molecule has 0 bridgehead atoms. The maximum absolute atomic E-state index is 11.6. The molecule has 0 aromatic carbocycles. The molecule has 1 aliphatic rings. The van der Waals surface area contributed by atoms with E-state index in [0.29, 0.717) is 0 Å². The molecule has 1 aromatic heterocycles. The minimum absolute atomic E-state index is 0. The molecule has 0 aliphatic carbocycles. The van der Waals surface area contributed by atoms with Gasteiger partial charge in [-0.15, -0.1) is 23.7 Å². The van der Waals surface area contributed by atoms with Crippen LogP contribution in [0.1, 0.15) is 28.6 Å². The number of hydrogen-bond acceptors (Lipinski definition) is 3. The Kier molecular flexibility index (Phi) is 4.77. The summed E-state index contributed by atoms with van der Waals surface area (Å²) in [4.78, 5) is 16.1. The van der Waals surface area contributed by atoms with E-state index in [1.807, 2.05) is 4.90 Å². The van der Waals surface area contributed by atoms with Gasteiger partial charge in [-0.3, -0.25) is 4.79 Å². The second-order valence-electron chi connectivity index (χ2n) is 3.90. The third-order valence-electron chi connectivity index (χ3n) is 2.84. The molecule has 0 spiro atoms. The Morgan fingerprint density at radius 1 is 1.62 bits per heavy atom. The molecule has 1 fully saturated rings. The van der Waals surface area contributed by atoms with E-state index in [9.17, 15) is 4.79 Å². The standard InChI is InChI=1S/C11H16N2OS.ClH/c1-8-4-5-10(15-8)9-3-2-6-13(9)11(14)7-12;/h4-5,9H,2-3,6-7,12H2,1H3;1H. The van der Waals surface area contributed by atoms with Crippen molar-refractivity contribution in [3.63, 3.8) is 0 Å². The molecule has 1 unspecified atom stereocenters. The maximum atomic E-state index is 11.6. The lowest BCUT2D eigenvalue weighted by molar-refractivity contribution is -0.130. The number of carbonyl (C=O) groups excluding carboxylic acids is 1. The smallest absolute Gasteiger partial charge is 0.236 e. The molecule has 2 rings (SSSR count). The molecule has 1 atom stereocenters. The van der Waals surface area contributed by atoms with Crippen LogP contribution >= 0.6 is 23.7 Å². The van der Waals surface area contributed by atoms with Crippen LogP contribution in [0.4, 0.5) is 0 Å². The lowest BCUT2D eigenvalue weighted by Crippen LogP contribution is -2.35. The highest BCUT2D eigenvalue weighted by Crippen LogP contribution is 2.35. The van der Waals surface area contributed by atoms with Gasteiger partial charge >= 0.3 is 0 Å². The third kappa shape index (κ3) is 2.56. The molecular formula is C11H17ClN2OS.